The Morgan fingerprint density at radius 2 is 0.828 bits per heavy atom. The van der Waals surface area contributed by atoms with Gasteiger partial charge in [0.25, 0.3) is 0 Å². The van der Waals surface area contributed by atoms with Crippen LogP contribution in [-0.2, 0) is 123 Å². The third-order valence-electron chi connectivity index (χ3n) is 20.6. The van der Waals surface area contributed by atoms with Crippen LogP contribution in [0.25, 0.3) is 10.9 Å². The van der Waals surface area contributed by atoms with Crippen LogP contribution in [0.4, 0.5) is 0 Å². The maximum absolute atomic E-state index is 14.7. The third-order valence-corrected chi connectivity index (χ3v) is 20.6. The lowest BCUT2D eigenvalue weighted by molar-refractivity contribution is -0.145. The second-order valence-electron chi connectivity index (χ2n) is 32.5. The number of nitrogens with one attached hydrogen (secondary N) is 16. The van der Waals surface area contributed by atoms with E-state index in [-0.39, 0.29) is 70.2 Å². The molecular formula is C81H118N20O33. The first-order chi connectivity index (χ1) is 63.0. The number of carbonyl (C=O) groups is 23. The number of aliphatic hydroxyl groups excluding tert-OH is 2. The Labute approximate surface area is 763 Å². The van der Waals surface area contributed by atoms with Crippen molar-refractivity contribution in [1.82, 2.24) is 94.3 Å². The molecule has 1 aliphatic heterocycles. The normalized spacial score (nSPS) is 15.7. The number of benzene rings is 1. The van der Waals surface area contributed by atoms with Gasteiger partial charge in [0.05, 0.1) is 44.8 Å². The molecule has 4 rings (SSSR count). The number of para-hydroxylation sites is 1. The van der Waals surface area contributed by atoms with E-state index in [2.05, 4.69) is 89.4 Å². The number of aromatic nitrogens is 3. The number of imidazole rings is 1. The molecule has 3 aromatic rings. The van der Waals surface area contributed by atoms with E-state index < -0.39 is 335 Å². The average molecular weight is 1900 g/mol. The van der Waals surface area contributed by atoms with E-state index in [0.717, 1.165) is 24.3 Å². The maximum Gasteiger partial charge on any atom is 0.326 e. The smallest absolute Gasteiger partial charge is 0.326 e. The summed E-state index contributed by atoms with van der Waals surface area (Å²) in [6.45, 7) is 4.97. The van der Waals surface area contributed by atoms with Crippen LogP contribution in [0.2, 0.25) is 0 Å². The van der Waals surface area contributed by atoms with E-state index in [1.54, 1.807) is 52.0 Å². The van der Waals surface area contributed by atoms with Gasteiger partial charge in [0, 0.05) is 74.1 Å². The summed E-state index contributed by atoms with van der Waals surface area (Å²) in [5, 5.41) is 130. The first kappa shape index (κ1) is 112. The number of nitrogens with zero attached hydrogens (tertiary/aromatic N) is 2. The van der Waals surface area contributed by atoms with E-state index in [1.807, 2.05) is 0 Å². The van der Waals surface area contributed by atoms with E-state index in [1.165, 1.54) is 6.20 Å². The fraction of sp³-hybridized carbons (Fsp3) is 0.580. The van der Waals surface area contributed by atoms with Gasteiger partial charge in [-0.2, -0.15) is 0 Å². The molecule has 0 radical (unpaired) electrons. The molecule has 53 nitrogen and oxygen atoms in total. The SMILES string of the molecule is CC(C)C[C@H](NC(=O)CNC(=O)[C@H](CCC(=O)O)NC(=O)[C@H](CC(C)C)NC(=O)[C@H](CC(=O)O)NC(=O)[C@@H](N)[C@@H](C)O)C(=O)N[C@@H](CCC(=O)O)C(=O)N[C@@H](CCC(=O)O)C(=O)N[C@@H](CC(=O)O)C(=O)N[C@@H](Cc1cnc[nH]1)C(=O)N[C@@H](CCCCN)C(=O)N[C@@H](CC(=O)O)C(=O)N[C@@H](CO)C(=O)N1CCC[C@H]1C(=O)N[C@@H](Cc1c[nH]c2ccccc12)C(=O)N[C@@H](CCC(=O)O)C(=O)O. The van der Waals surface area contributed by atoms with E-state index in [0.29, 0.717) is 16.5 Å². The van der Waals surface area contributed by atoms with Crippen molar-refractivity contribution in [2.24, 2.45) is 23.3 Å². The summed E-state index contributed by atoms with van der Waals surface area (Å²) in [7, 11) is 0. The number of hydrogen-bond acceptors (Lipinski definition) is 28. The standard InChI is InChI=1S/C81H118N20O33/c1-37(2)25-49(88-58(104)34-86-67(119)45(15-19-59(105)106)90-72(124)50(26-38(3)4)94-76(128)55(31-65(117)118)99-79(131)66(83)39(5)103)71(123)92-46(16-20-60(107)108)69(121)91-47(17-21-61(109)110)70(122)97-53(29-63(113)114)75(127)95-52(28-41-33-84-36-87-41)74(126)89-44(13-8-9-23-82)68(120)96-54(30-64(115)116)77(129)100-56(35-102)80(132)101-24-10-14-57(101)78(130)98-51(27-40-32-85-43-12-7-6-11-42(40)43)73(125)93-48(81(133)134)18-22-62(111)112/h6-7,11-12,32-33,36-39,44-57,66,85,102-103H,8-10,13-31,34-35,82-83H2,1-5H3,(H,84,87)(H,86,119)(H,88,104)(H,89,126)(H,90,124)(H,91,121)(H,92,123)(H,93,125)(H,94,128)(H,95,127)(H,96,120)(H,97,122)(H,98,130)(H,99,131)(H,100,129)(H,105,106)(H,107,108)(H,109,110)(H,111,112)(H,113,114)(H,115,116)(H,117,118)(H,133,134)/t39-,44+,45+,46+,47+,48+,49+,50+,51+,52+,53+,54+,55+,56+,57+,66+/m1/s1. The van der Waals surface area contributed by atoms with Crippen molar-refractivity contribution in [2.75, 3.05) is 26.2 Å². The molecule has 1 fully saturated rings. The molecule has 1 saturated heterocycles. The summed E-state index contributed by atoms with van der Waals surface area (Å²) in [5.41, 5.74) is 12.5. The van der Waals surface area contributed by atoms with Crippen molar-refractivity contribution in [3.05, 3.63) is 54.2 Å². The number of fused-ring (bicyclic) bond motifs is 1. The molecule has 30 N–H and O–H groups in total. The van der Waals surface area contributed by atoms with Crippen LogP contribution in [0.5, 0.6) is 0 Å². The fourth-order valence-corrected chi connectivity index (χ4v) is 13.7. The lowest BCUT2D eigenvalue weighted by Crippen LogP contribution is -2.61. The molecule has 3 heterocycles. The molecule has 740 valence electrons. The Kier molecular flexibility index (Phi) is 46.5. The van der Waals surface area contributed by atoms with Crippen molar-refractivity contribution in [3.8, 4) is 0 Å². The first-order valence-electron chi connectivity index (χ1n) is 42.6. The van der Waals surface area contributed by atoms with Gasteiger partial charge in [0.15, 0.2) is 0 Å². The molecule has 16 atom stereocenters. The fourth-order valence-electron chi connectivity index (χ4n) is 13.7. The first-order valence-corrected chi connectivity index (χ1v) is 42.6. The quantitative estimate of drug-likeness (QED) is 0.0233. The van der Waals surface area contributed by atoms with Crippen LogP contribution in [0.15, 0.2) is 43.0 Å². The van der Waals surface area contributed by atoms with Crippen molar-refractivity contribution < 1.29 is 161 Å². The predicted molar refractivity (Wildman–Crippen MR) is 458 cm³/mol. The number of rotatable bonds is 62. The minimum Gasteiger partial charge on any atom is -0.481 e. The average Bonchev–Trinajstić information content (AvgIpc) is 1.65. The number of aromatic amines is 2. The molecule has 0 saturated carbocycles. The largest absolute Gasteiger partial charge is 0.481 e. The van der Waals surface area contributed by atoms with Gasteiger partial charge in [-0.15, -0.1) is 0 Å². The molecule has 0 spiro atoms. The zero-order valence-electron chi connectivity index (χ0n) is 73.8. The highest BCUT2D eigenvalue weighted by atomic mass is 16.4. The molecule has 15 amide bonds. The van der Waals surface area contributed by atoms with Crippen molar-refractivity contribution in [2.45, 2.75) is 260 Å². The van der Waals surface area contributed by atoms with Gasteiger partial charge in [-0.05, 0) is 108 Å². The van der Waals surface area contributed by atoms with Gasteiger partial charge in [0.2, 0.25) is 88.6 Å². The molecule has 53 heteroatoms. The van der Waals surface area contributed by atoms with Crippen LogP contribution >= 0.6 is 0 Å². The highest BCUT2D eigenvalue weighted by Crippen LogP contribution is 2.23. The zero-order chi connectivity index (χ0) is 100. The number of amides is 15. The molecule has 0 unspecified atom stereocenters. The number of likely N-dealkylation sites (tertiary alicyclic amines) is 1. The number of unbranched alkanes of at least 4 members (excludes halogenated alkanes) is 1. The molecule has 2 aromatic heterocycles. The summed E-state index contributed by atoms with van der Waals surface area (Å²) >= 11 is 0. The van der Waals surface area contributed by atoms with Gasteiger partial charge >= 0.3 is 47.8 Å². The second kappa shape index (κ2) is 55.7. The number of aliphatic carboxylic acids is 8. The summed E-state index contributed by atoms with van der Waals surface area (Å²) in [4.78, 5) is 318. The second-order valence-corrected chi connectivity index (χ2v) is 32.5. The monoisotopic (exact) mass is 1900 g/mol. The minimum absolute atomic E-state index is 0.000312. The molecule has 134 heavy (non-hydrogen) atoms. The van der Waals surface area contributed by atoms with Gasteiger partial charge in [0.1, 0.15) is 90.6 Å². The van der Waals surface area contributed by atoms with Gasteiger partial charge in [-0.25, -0.2) is 9.78 Å². The number of aliphatic hydroxyl groups is 2. The molecule has 1 aromatic carbocycles. The van der Waals surface area contributed by atoms with Gasteiger partial charge in [-0.1, -0.05) is 45.9 Å². The van der Waals surface area contributed by atoms with E-state index in [4.69, 9.17) is 11.5 Å². The Morgan fingerprint density at radius 1 is 0.440 bits per heavy atom. The van der Waals surface area contributed by atoms with Crippen LogP contribution in [0.3, 0.4) is 0 Å². The van der Waals surface area contributed by atoms with Crippen molar-refractivity contribution in [3.63, 3.8) is 0 Å². The van der Waals surface area contributed by atoms with E-state index >= 15 is 0 Å². The number of hydrogen-bond donors (Lipinski definition) is 28. The molecule has 0 bridgehead atoms. The van der Waals surface area contributed by atoms with Gasteiger partial charge < -0.3 is 152 Å². The zero-order valence-corrected chi connectivity index (χ0v) is 73.8. The number of carboxylic acid groups (broad SMARTS) is 8. The Hall–Kier alpha value is -14.4. The maximum atomic E-state index is 14.7. The van der Waals surface area contributed by atoms with E-state index in [9.17, 15) is 161 Å². The number of nitrogens with two attached hydrogens (primary N) is 2. The highest BCUT2D eigenvalue weighted by molar-refractivity contribution is 6.02. The van der Waals surface area contributed by atoms with Crippen LogP contribution in [0, 0.1) is 11.8 Å². The summed E-state index contributed by atoms with van der Waals surface area (Å²) in [5.74, 6) is -32.5. The van der Waals surface area contributed by atoms with Crippen LogP contribution in [-0.4, -0.2) is 330 Å². The van der Waals surface area contributed by atoms with Crippen molar-refractivity contribution >= 4 is 147 Å². The lowest BCUT2D eigenvalue weighted by Gasteiger charge is -2.30. The Balaban J connectivity index is 1.58. The summed E-state index contributed by atoms with van der Waals surface area (Å²) < 4.78 is 0. The molecule has 0 aliphatic carbocycles. The van der Waals surface area contributed by atoms with Gasteiger partial charge in [-0.3, -0.25) is 105 Å². The van der Waals surface area contributed by atoms with Crippen LogP contribution in [0.1, 0.15) is 161 Å². The highest BCUT2D eigenvalue weighted by Gasteiger charge is 2.43. The number of carbonyl (C=O) groups excluding carboxylic acids is 15. The summed E-state index contributed by atoms with van der Waals surface area (Å²) in [6, 6.07) is -20.9. The minimum atomic E-state index is -2.29. The topological polar surface area (TPSA) is 863 Å². The molecular weight excluding hydrogens is 1780 g/mol. The molecule has 1 aliphatic rings. The predicted octanol–water partition coefficient (Wildman–Crippen LogP) is -8.02. The van der Waals surface area contributed by atoms with Crippen molar-refractivity contribution in [1.29, 1.82) is 0 Å². The number of carboxylic acids is 8. The Bertz CT molecular complexity index is 4680. The van der Waals surface area contributed by atoms with Crippen LogP contribution < -0.4 is 85.9 Å². The summed E-state index contributed by atoms with van der Waals surface area (Å²) in [6.07, 6.45) is -9.14. The Morgan fingerprint density at radius 3 is 1.26 bits per heavy atom. The number of H-pyrrole nitrogens is 2. The third kappa shape index (κ3) is 39.0. The lowest BCUT2D eigenvalue weighted by atomic mass is 10.0.